The predicted octanol–water partition coefficient (Wildman–Crippen LogP) is 4.62. The average Bonchev–Trinajstić information content (AvgIpc) is 2.75. The first-order valence-electron chi connectivity index (χ1n) is 10.3. The molecule has 0 radical (unpaired) electrons. The molecule has 0 saturated carbocycles. The van der Waals surface area contributed by atoms with Gasteiger partial charge in [0.15, 0.2) is 6.61 Å². The maximum absolute atomic E-state index is 13.2. The number of nitro benzene ring substituents is 1. The van der Waals surface area contributed by atoms with Crippen molar-refractivity contribution in [2.45, 2.75) is 45.8 Å². The van der Waals surface area contributed by atoms with E-state index in [9.17, 15) is 19.7 Å². The monoisotopic (exact) mass is 511 g/mol. The first kappa shape index (κ1) is 27.2. The molecule has 34 heavy (non-hydrogen) atoms. The molecule has 0 unspecified atom stereocenters. The molecule has 11 heteroatoms. The molecule has 0 aliphatic heterocycles. The van der Waals surface area contributed by atoms with Crippen LogP contribution in [0.3, 0.4) is 0 Å². The fourth-order valence-electron chi connectivity index (χ4n) is 3.04. The fourth-order valence-corrected chi connectivity index (χ4v) is 3.55. The highest BCUT2D eigenvalue weighted by Gasteiger charge is 2.30. The minimum Gasteiger partial charge on any atom is -0.490 e. The molecular weight excluding hydrogens is 485 g/mol. The number of carbonyl (C=O) groups excluding carboxylic acids is 2. The minimum atomic E-state index is -0.867. The van der Waals surface area contributed by atoms with Gasteiger partial charge in [-0.15, -0.1) is 0 Å². The highest BCUT2D eigenvalue weighted by Crippen LogP contribution is 2.31. The summed E-state index contributed by atoms with van der Waals surface area (Å²) in [7, 11) is 1.29. The second-order valence-corrected chi connectivity index (χ2v) is 9.33. The zero-order valence-corrected chi connectivity index (χ0v) is 21.1. The van der Waals surface area contributed by atoms with E-state index in [1.54, 1.807) is 25.1 Å². The Morgan fingerprint density at radius 3 is 2.32 bits per heavy atom. The summed E-state index contributed by atoms with van der Waals surface area (Å²) in [5.74, 6) is -0.684. The third-order valence-electron chi connectivity index (χ3n) is 4.77. The number of hydrogen-bond donors (Lipinski definition) is 1. The summed E-state index contributed by atoms with van der Waals surface area (Å²) >= 11 is 12.6. The van der Waals surface area contributed by atoms with Crippen LogP contribution in [0.1, 0.15) is 33.3 Å². The maximum atomic E-state index is 13.2. The number of methoxy groups -OCH3 is 1. The normalized spacial score (nSPS) is 12.0. The van der Waals surface area contributed by atoms with E-state index in [-0.39, 0.29) is 29.6 Å². The number of ether oxygens (including phenoxy) is 2. The van der Waals surface area contributed by atoms with Crippen LogP contribution in [0.15, 0.2) is 36.4 Å². The van der Waals surface area contributed by atoms with Crippen molar-refractivity contribution in [3.05, 3.63) is 62.1 Å². The van der Waals surface area contributed by atoms with Gasteiger partial charge < -0.3 is 19.7 Å². The molecule has 0 heterocycles. The molecule has 1 atom stereocenters. The van der Waals surface area contributed by atoms with Crippen LogP contribution < -0.4 is 14.8 Å². The van der Waals surface area contributed by atoms with Crippen LogP contribution >= 0.6 is 23.2 Å². The maximum Gasteiger partial charge on any atom is 0.311 e. The van der Waals surface area contributed by atoms with Gasteiger partial charge in [0, 0.05) is 39.8 Å². The van der Waals surface area contributed by atoms with Gasteiger partial charge in [0.1, 0.15) is 11.8 Å². The molecule has 0 spiro atoms. The largest absolute Gasteiger partial charge is 0.490 e. The van der Waals surface area contributed by atoms with Crippen molar-refractivity contribution in [1.82, 2.24) is 10.2 Å². The van der Waals surface area contributed by atoms with Gasteiger partial charge in [0.25, 0.3) is 5.91 Å². The molecule has 0 fully saturated rings. The number of nitrogens with zero attached hydrogens (tertiary/aromatic N) is 2. The molecule has 0 aliphatic rings. The minimum absolute atomic E-state index is 0.00687. The second kappa shape index (κ2) is 11.4. The second-order valence-electron chi connectivity index (χ2n) is 8.52. The first-order chi connectivity index (χ1) is 15.8. The van der Waals surface area contributed by atoms with E-state index in [4.69, 9.17) is 32.7 Å². The Kier molecular flexibility index (Phi) is 9.12. The summed E-state index contributed by atoms with van der Waals surface area (Å²) in [5.41, 5.74) is -0.247. The van der Waals surface area contributed by atoms with Gasteiger partial charge in [-0.2, -0.15) is 0 Å². The molecule has 0 saturated heterocycles. The standard InChI is InChI=1S/C23H27Cl2N3O6/c1-14(22(30)26-23(2,3)4)27(12-16-17(24)7-6-8-18(16)25)21(29)13-34-15-9-10-19(28(31)32)20(11-15)33-5/h6-11,14H,12-13H2,1-5H3,(H,26,30)/t14-/m1/s1. The molecule has 184 valence electrons. The molecule has 0 bridgehead atoms. The molecule has 2 amide bonds. The van der Waals surface area contributed by atoms with Gasteiger partial charge in [-0.05, 0) is 45.9 Å². The van der Waals surface area contributed by atoms with Crippen LogP contribution in [0, 0.1) is 10.1 Å². The summed E-state index contributed by atoms with van der Waals surface area (Å²) in [4.78, 5) is 37.8. The molecule has 2 rings (SSSR count). The summed E-state index contributed by atoms with van der Waals surface area (Å²) in [6.07, 6.45) is 0. The number of carbonyl (C=O) groups is 2. The molecular formula is C23H27Cl2N3O6. The van der Waals surface area contributed by atoms with Crippen molar-refractivity contribution in [1.29, 1.82) is 0 Å². The summed E-state index contributed by atoms with van der Waals surface area (Å²) in [6, 6.07) is 8.00. The Balaban J connectivity index is 2.28. The van der Waals surface area contributed by atoms with Gasteiger partial charge in [0.2, 0.25) is 11.7 Å². The Labute approximate surface area is 208 Å². The Morgan fingerprint density at radius 1 is 1.18 bits per heavy atom. The van der Waals surface area contributed by atoms with Crippen molar-refractivity contribution in [2.75, 3.05) is 13.7 Å². The van der Waals surface area contributed by atoms with Crippen molar-refractivity contribution in [3.8, 4) is 11.5 Å². The highest BCUT2D eigenvalue weighted by molar-refractivity contribution is 6.36. The van der Waals surface area contributed by atoms with Crippen LogP contribution in [0.5, 0.6) is 11.5 Å². The van der Waals surface area contributed by atoms with Gasteiger partial charge in [-0.3, -0.25) is 19.7 Å². The van der Waals surface area contributed by atoms with Crippen LogP contribution in [0.4, 0.5) is 5.69 Å². The molecule has 2 aromatic carbocycles. The van der Waals surface area contributed by atoms with Crippen molar-refractivity contribution in [3.63, 3.8) is 0 Å². The van der Waals surface area contributed by atoms with Crippen molar-refractivity contribution in [2.24, 2.45) is 0 Å². The van der Waals surface area contributed by atoms with Crippen molar-refractivity contribution < 1.29 is 24.0 Å². The third kappa shape index (κ3) is 7.23. The number of benzene rings is 2. The average molecular weight is 512 g/mol. The van der Waals surface area contributed by atoms with Gasteiger partial charge in [-0.25, -0.2) is 0 Å². The lowest BCUT2D eigenvalue weighted by atomic mass is 10.1. The van der Waals surface area contributed by atoms with Crippen LogP contribution in [-0.2, 0) is 16.1 Å². The number of nitrogens with one attached hydrogen (secondary N) is 1. The molecule has 0 aliphatic carbocycles. The van der Waals surface area contributed by atoms with E-state index < -0.39 is 29.0 Å². The smallest absolute Gasteiger partial charge is 0.311 e. The van der Waals surface area contributed by atoms with Gasteiger partial charge in [0.05, 0.1) is 12.0 Å². The van der Waals surface area contributed by atoms with E-state index in [1.807, 2.05) is 20.8 Å². The van der Waals surface area contributed by atoms with E-state index in [2.05, 4.69) is 5.32 Å². The molecule has 0 aromatic heterocycles. The topological polar surface area (TPSA) is 111 Å². The number of hydrogen-bond acceptors (Lipinski definition) is 6. The molecule has 2 aromatic rings. The number of rotatable bonds is 9. The van der Waals surface area contributed by atoms with Crippen LogP contribution in [0.25, 0.3) is 0 Å². The van der Waals surface area contributed by atoms with Crippen molar-refractivity contribution >= 4 is 40.7 Å². The van der Waals surface area contributed by atoms with Crippen LogP contribution in [0.2, 0.25) is 10.0 Å². The zero-order chi connectivity index (χ0) is 25.6. The number of halogens is 2. The SMILES string of the molecule is COc1cc(OCC(=O)N(Cc2c(Cl)cccc2Cl)[C@H](C)C(=O)NC(C)(C)C)ccc1[N+](=O)[O-]. The Bertz CT molecular complexity index is 1050. The highest BCUT2D eigenvalue weighted by atomic mass is 35.5. The first-order valence-corrected chi connectivity index (χ1v) is 11.1. The van der Waals surface area contributed by atoms with E-state index in [1.165, 1.54) is 30.2 Å². The lowest BCUT2D eigenvalue weighted by molar-refractivity contribution is -0.385. The van der Waals surface area contributed by atoms with E-state index in [0.29, 0.717) is 15.6 Å². The number of nitro groups is 1. The quantitative estimate of drug-likeness (QED) is 0.388. The Hall–Kier alpha value is -3.04. The number of amides is 2. The summed E-state index contributed by atoms with van der Waals surface area (Å²) in [5, 5.41) is 14.6. The zero-order valence-electron chi connectivity index (χ0n) is 19.6. The molecule has 9 nitrogen and oxygen atoms in total. The predicted molar refractivity (Wildman–Crippen MR) is 130 cm³/mol. The molecule has 1 N–H and O–H groups in total. The summed E-state index contributed by atoms with van der Waals surface area (Å²) in [6.45, 7) is 6.64. The third-order valence-corrected chi connectivity index (χ3v) is 5.47. The fraction of sp³-hybridized carbons (Fsp3) is 0.391. The lowest BCUT2D eigenvalue weighted by Gasteiger charge is -2.31. The Morgan fingerprint density at radius 2 is 1.79 bits per heavy atom. The van der Waals surface area contributed by atoms with Gasteiger partial charge >= 0.3 is 5.69 Å². The van der Waals surface area contributed by atoms with Crippen LogP contribution in [-0.4, -0.2) is 46.9 Å². The van der Waals surface area contributed by atoms with E-state index in [0.717, 1.165) is 0 Å². The van der Waals surface area contributed by atoms with Gasteiger partial charge in [-0.1, -0.05) is 29.3 Å². The van der Waals surface area contributed by atoms with E-state index >= 15 is 0 Å². The summed E-state index contributed by atoms with van der Waals surface area (Å²) < 4.78 is 10.6. The lowest BCUT2D eigenvalue weighted by Crippen LogP contribution is -2.53.